The second-order valence-electron chi connectivity index (χ2n) is 3.86. The highest BCUT2D eigenvalue weighted by molar-refractivity contribution is 7.14. The molecule has 2 aromatic rings. The number of ether oxygens (including phenoxy) is 1. The van der Waals surface area contributed by atoms with Crippen LogP contribution in [0.5, 0.6) is 0 Å². The number of carbonyl (C=O) groups is 1. The van der Waals surface area contributed by atoms with Gasteiger partial charge >= 0.3 is 0 Å². The Balaban J connectivity index is 1.83. The van der Waals surface area contributed by atoms with Gasteiger partial charge in [-0.3, -0.25) is 4.79 Å². The molecule has 0 bridgehead atoms. The average molecular weight is 296 g/mol. The number of carbonyl (C=O) groups excluding carboxylic acids is 1. The van der Waals surface area contributed by atoms with Gasteiger partial charge in [-0.25, -0.2) is 4.98 Å². The molecule has 102 valence electrons. The van der Waals surface area contributed by atoms with Gasteiger partial charge in [-0.05, 0) is 24.8 Å². The van der Waals surface area contributed by atoms with Crippen molar-refractivity contribution in [3.05, 3.63) is 27.9 Å². The van der Waals surface area contributed by atoms with Crippen molar-refractivity contribution in [1.82, 2.24) is 10.3 Å². The van der Waals surface area contributed by atoms with Gasteiger partial charge in [0.25, 0.3) is 5.91 Å². The first kappa shape index (κ1) is 14.2. The molecule has 0 aliphatic carbocycles. The first-order valence-electron chi connectivity index (χ1n) is 6.15. The summed E-state index contributed by atoms with van der Waals surface area (Å²) in [6, 6.07) is 2.01. The second-order valence-corrected chi connectivity index (χ2v) is 5.49. The fraction of sp³-hybridized carbons (Fsp3) is 0.385. The predicted octanol–water partition coefficient (Wildman–Crippen LogP) is 3.03. The number of rotatable bonds is 7. The van der Waals surface area contributed by atoms with Crippen LogP contribution in [0.3, 0.4) is 0 Å². The first-order chi connectivity index (χ1) is 9.31. The molecule has 2 rings (SSSR count). The standard InChI is InChI=1S/C13H16N2O2S2/c1-2-17-6-3-5-14-12(16)11-9-19-13(15-11)10-4-7-18-8-10/h4,7-9H,2-3,5-6H2,1H3,(H,14,16). The molecule has 2 heterocycles. The summed E-state index contributed by atoms with van der Waals surface area (Å²) in [7, 11) is 0. The SMILES string of the molecule is CCOCCCNC(=O)c1csc(-c2ccsc2)n1. The lowest BCUT2D eigenvalue weighted by atomic mass is 10.3. The zero-order valence-corrected chi connectivity index (χ0v) is 12.4. The Morgan fingerprint density at radius 1 is 1.47 bits per heavy atom. The zero-order chi connectivity index (χ0) is 13.5. The Labute approximate surface area is 120 Å². The minimum absolute atomic E-state index is 0.116. The van der Waals surface area contributed by atoms with Crippen molar-refractivity contribution in [1.29, 1.82) is 0 Å². The molecular formula is C13H16N2O2S2. The summed E-state index contributed by atoms with van der Waals surface area (Å²) < 4.78 is 5.21. The molecule has 0 saturated carbocycles. The highest BCUT2D eigenvalue weighted by Gasteiger charge is 2.11. The minimum Gasteiger partial charge on any atom is -0.382 e. The monoisotopic (exact) mass is 296 g/mol. The number of aromatic nitrogens is 1. The van der Waals surface area contributed by atoms with Crippen molar-refractivity contribution in [2.24, 2.45) is 0 Å². The lowest BCUT2D eigenvalue weighted by Crippen LogP contribution is -2.25. The van der Waals surface area contributed by atoms with Gasteiger partial charge in [-0.2, -0.15) is 11.3 Å². The summed E-state index contributed by atoms with van der Waals surface area (Å²) in [6.07, 6.45) is 0.821. The fourth-order valence-corrected chi connectivity index (χ4v) is 3.02. The van der Waals surface area contributed by atoms with Gasteiger partial charge in [0.15, 0.2) is 0 Å². The molecule has 0 aliphatic rings. The van der Waals surface area contributed by atoms with E-state index in [2.05, 4.69) is 10.3 Å². The van der Waals surface area contributed by atoms with Crippen molar-refractivity contribution < 1.29 is 9.53 Å². The number of nitrogens with one attached hydrogen (secondary N) is 1. The third-order valence-corrected chi connectivity index (χ3v) is 4.03. The predicted molar refractivity (Wildman–Crippen MR) is 78.9 cm³/mol. The molecule has 6 heteroatoms. The van der Waals surface area contributed by atoms with Crippen LogP contribution in [0.15, 0.2) is 22.2 Å². The van der Waals surface area contributed by atoms with Gasteiger partial charge in [0, 0.05) is 36.1 Å². The normalized spacial score (nSPS) is 10.6. The van der Waals surface area contributed by atoms with Gasteiger partial charge in [0.1, 0.15) is 10.7 Å². The molecule has 0 atom stereocenters. The van der Waals surface area contributed by atoms with Gasteiger partial charge in [-0.15, -0.1) is 11.3 Å². The van der Waals surface area contributed by atoms with E-state index >= 15 is 0 Å². The van der Waals surface area contributed by atoms with Gasteiger partial charge in [0.2, 0.25) is 0 Å². The molecule has 0 aliphatic heterocycles. The van der Waals surface area contributed by atoms with E-state index in [1.807, 2.05) is 23.8 Å². The van der Waals surface area contributed by atoms with Crippen molar-refractivity contribution in [3.8, 4) is 10.6 Å². The average Bonchev–Trinajstić information content (AvgIpc) is 3.08. The van der Waals surface area contributed by atoms with Crippen molar-refractivity contribution in [2.75, 3.05) is 19.8 Å². The molecule has 0 aromatic carbocycles. The number of amides is 1. The summed E-state index contributed by atoms with van der Waals surface area (Å²) in [5.74, 6) is -0.116. The van der Waals surface area contributed by atoms with Crippen LogP contribution in [0.4, 0.5) is 0 Å². The summed E-state index contributed by atoms with van der Waals surface area (Å²) in [4.78, 5) is 16.2. The van der Waals surface area contributed by atoms with E-state index in [9.17, 15) is 4.79 Å². The molecule has 2 aromatic heterocycles. The third kappa shape index (κ3) is 4.12. The van der Waals surface area contributed by atoms with E-state index in [-0.39, 0.29) is 5.91 Å². The van der Waals surface area contributed by atoms with Gasteiger partial charge < -0.3 is 10.1 Å². The van der Waals surface area contributed by atoms with Crippen molar-refractivity contribution >= 4 is 28.6 Å². The van der Waals surface area contributed by atoms with Crippen molar-refractivity contribution in [3.63, 3.8) is 0 Å². The maximum Gasteiger partial charge on any atom is 0.270 e. The molecule has 0 fully saturated rings. The molecule has 4 nitrogen and oxygen atoms in total. The van der Waals surface area contributed by atoms with Crippen LogP contribution < -0.4 is 5.32 Å². The van der Waals surface area contributed by atoms with E-state index in [0.717, 1.165) is 17.0 Å². The highest BCUT2D eigenvalue weighted by Crippen LogP contribution is 2.25. The quantitative estimate of drug-likeness (QED) is 0.799. The van der Waals surface area contributed by atoms with Crippen LogP contribution in [-0.4, -0.2) is 30.6 Å². The fourth-order valence-electron chi connectivity index (χ4n) is 1.51. The molecule has 0 spiro atoms. The van der Waals surface area contributed by atoms with Crippen LogP contribution in [0, 0.1) is 0 Å². The maximum absolute atomic E-state index is 11.9. The van der Waals surface area contributed by atoms with Crippen LogP contribution >= 0.6 is 22.7 Å². The van der Waals surface area contributed by atoms with Gasteiger partial charge in [-0.1, -0.05) is 0 Å². The zero-order valence-electron chi connectivity index (χ0n) is 10.7. The maximum atomic E-state index is 11.9. The summed E-state index contributed by atoms with van der Waals surface area (Å²) in [5.41, 5.74) is 1.56. The summed E-state index contributed by atoms with van der Waals surface area (Å²) in [6.45, 7) is 3.96. The second kappa shape index (κ2) is 7.37. The molecule has 1 amide bonds. The molecular weight excluding hydrogens is 280 g/mol. The van der Waals surface area contributed by atoms with E-state index < -0.39 is 0 Å². The molecule has 0 saturated heterocycles. The Hall–Kier alpha value is -1.24. The van der Waals surface area contributed by atoms with Crippen LogP contribution in [0.25, 0.3) is 10.6 Å². The first-order valence-corrected chi connectivity index (χ1v) is 7.97. The van der Waals surface area contributed by atoms with Crippen molar-refractivity contribution in [2.45, 2.75) is 13.3 Å². The minimum atomic E-state index is -0.116. The largest absolute Gasteiger partial charge is 0.382 e. The van der Waals surface area contributed by atoms with Crippen LogP contribution in [0.2, 0.25) is 0 Å². The summed E-state index contributed by atoms with van der Waals surface area (Å²) in [5, 5.41) is 9.56. The molecule has 19 heavy (non-hydrogen) atoms. The van der Waals surface area contributed by atoms with E-state index in [0.29, 0.717) is 25.5 Å². The third-order valence-electron chi connectivity index (χ3n) is 2.46. The van der Waals surface area contributed by atoms with E-state index in [1.165, 1.54) is 11.3 Å². The Bertz CT molecular complexity index is 508. The smallest absolute Gasteiger partial charge is 0.270 e. The number of nitrogens with zero attached hydrogens (tertiary/aromatic N) is 1. The van der Waals surface area contributed by atoms with E-state index in [1.54, 1.807) is 16.7 Å². The number of hydrogen-bond donors (Lipinski definition) is 1. The molecule has 0 unspecified atom stereocenters. The topological polar surface area (TPSA) is 51.2 Å². The number of thiophene rings is 1. The Morgan fingerprint density at radius 2 is 2.37 bits per heavy atom. The lowest BCUT2D eigenvalue weighted by molar-refractivity contribution is 0.0940. The van der Waals surface area contributed by atoms with E-state index in [4.69, 9.17) is 4.74 Å². The van der Waals surface area contributed by atoms with Crippen LogP contribution in [-0.2, 0) is 4.74 Å². The number of hydrogen-bond acceptors (Lipinski definition) is 5. The summed E-state index contributed by atoms with van der Waals surface area (Å²) >= 11 is 3.12. The van der Waals surface area contributed by atoms with Gasteiger partial charge in [0.05, 0.1) is 0 Å². The highest BCUT2D eigenvalue weighted by atomic mass is 32.1. The Morgan fingerprint density at radius 3 is 3.11 bits per heavy atom. The Kier molecular flexibility index (Phi) is 5.50. The lowest BCUT2D eigenvalue weighted by Gasteiger charge is -2.03. The van der Waals surface area contributed by atoms with Crippen LogP contribution in [0.1, 0.15) is 23.8 Å². The number of thiazole rings is 1. The molecule has 1 N–H and O–H groups in total. The molecule has 0 radical (unpaired) electrons.